The molecule has 0 radical (unpaired) electrons. The summed E-state index contributed by atoms with van der Waals surface area (Å²) in [6.45, 7) is 1.77. The largest absolute Gasteiger partial charge is 0.407 e. The summed E-state index contributed by atoms with van der Waals surface area (Å²) < 4.78 is 28.7. The molecule has 1 aromatic heterocycles. The summed E-state index contributed by atoms with van der Waals surface area (Å²) in [5.41, 5.74) is 0.709. The smallest absolute Gasteiger partial charge is 0.325 e. The Balaban J connectivity index is 2.25. The number of carbonyl (C=O) groups excluding carboxylic acids is 1. The van der Waals surface area contributed by atoms with E-state index >= 15 is 0 Å². The Hall–Kier alpha value is -2.15. The second-order valence-electron chi connectivity index (χ2n) is 4.03. The first-order valence-corrected chi connectivity index (χ1v) is 6.60. The van der Waals surface area contributed by atoms with Crippen molar-refractivity contribution in [1.29, 1.82) is 0 Å². The van der Waals surface area contributed by atoms with Gasteiger partial charge in [0.15, 0.2) is 0 Å². The summed E-state index contributed by atoms with van der Waals surface area (Å²) in [5, 5.41) is 4.04. The highest BCUT2D eigenvalue weighted by molar-refractivity contribution is 7.73. The summed E-state index contributed by atoms with van der Waals surface area (Å²) in [5.74, 6) is -1.29. The number of esters is 1. The maximum absolute atomic E-state index is 12.0. The van der Waals surface area contributed by atoms with Crippen LogP contribution in [0.3, 0.4) is 0 Å². The minimum atomic E-state index is -2.46. The van der Waals surface area contributed by atoms with E-state index in [2.05, 4.69) is 5.10 Å². The van der Waals surface area contributed by atoms with Gasteiger partial charge in [-0.15, -0.1) is 0 Å². The highest BCUT2D eigenvalue weighted by atomic mass is 32.2. The van der Waals surface area contributed by atoms with Gasteiger partial charge in [-0.2, -0.15) is 13.5 Å². The van der Waals surface area contributed by atoms with Crippen LogP contribution in [0.1, 0.15) is 5.69 Å². The summed E-state index contributed by atoms with van der Waals surface area (Å²) in [6, 6.07) is 1.61. The SMILES string of the molecule is Cc1cc(OC(=O)C2C=CC=CC2=S(=O)=O)n(C)n1. The molecule has 0 N–H and O–H groups in total. The first-order chi connectivity index (χ1) is 8.99. The average molecular weight is 280 g/mol. The zero-order valence-corrected chi connectivity index (χ0v) is 11.2. The van der Waals surface area contributed by atoms with Crippen molar-refractivity contribution in [2.24, 2.45) is 13.0 Å². The van der Waals surface area contributed by atoms with E-state index in [4.69, 9.17) is 4.74 Å². The van der Waals surface area contributed by atoms with Gasteiger partial charge in [-0.1, -0.05) is 18.2 Å². The third kappa shape index (κ3) is 2.82. The molecular weight excluding hydrogens is 268 g/mol. The Morgan fingerprint density at radius 3 is 2.74 bits per heavy atom. The highest BCUT2D eigenvalue weighted by Gasteiger charge is 2.25. The molecule has 19 heavy (non-hydrogen) atoms. The molecule has 0 saturated carbocycles. The summed E-state index contributed by atoms with van der Waals surface area (Å²) in [4.78, 5) is 12.0. The number of rotatable bonds is 2. The molecule has 1 aromatic rings. The van der Waals surface area contributed by atoms with Crippen LogP contribution in [0.5, 0.6) is 5.88 Å². The fraction of sp³-hybridized carbons (Fsp3) is 0.250. The predicted octanol–water partition coefficient (Wildman–Crippen LogP) is 0.428. The molecule has 2 rings (SSSR count). The molecule has 1 aliphatic carbocycles. The normalized spacial score (nSPS) is 17.6. The Labute approximate surface area is 111 Å². The standard InChI is InChI=1S/C12H12N2O4S/c1-8-7-11(14(2)13-8)18-12(15)9-5-3-4-6-10(9)19(16)17/h3-7,9H,1-2H3. The third-order valence-corrected chi connectivity index (χ3v) is 3.37. The van der Waals surface area contributed by atoms with Gasteiger partial charge in [-0.05, 0) is 13.0 Å². The zero-order chi connectivity index (χ0) is 14.0. The van der Waals surface area contributed by atoms with Gasteiger partial charge in [0, 0.05) is 13.1 Å². The van der Waals surface area contributed by atoms with Crippen LogP contribution in [0.15, 0.2) is 30.4 Å². The molecule has 0 spiro atoms. The van der Waals surface area contributed by atoms with Crippen molar-refractivity contribution in [2.45, 2.75) is 6.92 Å². The van der Waals surface area contributed by atoms with Gasteiger partial charge in [0.05, 0.1) is 10.6 Å². The Bertz CT molecular complexity index is 702. The maximum Gasteiger partial charge on any atom is 0.325 e. The van der Waals surface area contributed by atoms with Gasteiger partial charge in [0.25, 0.3) is 0 Å². The lowest BCUT2D eigenvalue weighted by molar-refractivity contribution is -0.135. The lowest BCUT2D eigenvalue weighted by Crippen LogP contribution is -2.27. The summed E-state index contributed by atoms with van der Waals surface area (Å²) in [6.07, 6.45) is 6.03. The van der Waals surface area contributed by atoms with Crippen molar-refractivity contribution in [3.05, 3.63) is 36.1 Å². The molecule has 0 aliphatic heterocycles. The highest BCUT2D eigenvalue weighted by Crippen LogP contribution is 2.16. The minimum absolute atomic E-state index is 0.00797. The summed E-state index contributed by atoms with van der Waals surface area (Å²) in [7, 11) is -0.814. The van der Waals surface area contributed by atoms with Crippen molar-refractivity contribution in [3.63, 3.8) is 0 Å². The van der Waals surface area contributed by atoms with E-state index < -0.39 is 22.2 Å². The monoisotopic (exact) mass is 280 g/mol. The first kappa shape index (κ1) is 13.3. The van der Waals surface area contributed by atoms with Crippen LogP contribution in [-0.4, -0.2) is 29.0 Å². The van der Waals surface area contributed by atoms with E-state index in [1.807, 2.05) is 0 Å². The number of nitrogens with zero attached hydrogens (tertiary/aromatic N) is 2. The third-order valence-electron chi connectivity index (χ3n) is 2.59. The first-order valence-electron chi connectivity index (χ1n) is 5.52. The van der Waals surface area contributed by atoms with Gasteiger partial charge < -0.3 is 4.74 Å². The molecule has 7 heteroatoms. The van der Waals surface area contributed by atoms with Crippen molar-refractivity contribution >= 4 is 21.1 Å². The number of allylic oxidation sites excluding steroid dienone is 3. The second-order valence-corrected chi connectivity index (χ2v) is 4.97. The lowest BCUT2D eigenvalue weighted by atomic mass is 10.0. The summed E-state index contributed by atoms with van der Waals surface area (Å²) >= 11 is 0. The molecule has 100 valence electrons. The van der Waals surface area contributed by atoms with E-state index in [-0.39, 0.29) is 10.7 Å². The molecule has 0 amide bonds. The van der Waals surface area contributed by atoms with Crippen molar-refractivity contribution in [1.82, 2.24) is 9.78 Å². The van der Waals surface area contributed by atoms with Crippen LogP contribution in [0.25, 0.3) is 0 Å². The molecule has 1 atom stereocenters. The Morgan fingerprint density at radius 1 is 1.42 bits per heavy atom. The number of ether oxygens (including phenoxy) is 1. The molecule has 0 saturated heterocycles. The van der Waals surface area contributed by atoms with Crippen LogP contribution in [0, 0.1) is 12.8 Å². The number of hydrogen-bond acceptors (Lipinski definition) is 5. The van der Waals surface area contributed by atoms with Crippen molar-refractivity contribution in [3.8, 4) is 5.88 Å². The van der Waals surface area contributed by atoms with Crippen LogP contribution < -0.4 is 4.74 Å². The fourth-order valence-corrected chi connectivity index (χ4v) is 2.30. The average Bonchev–Trinajstić information content (AvgIpc) is 2.67. The van der Waals surface area contributed by atoms with Crippen LogP contribution in [0.4, 0.5) is 0 Å². The molecule has 1 unspecified atom stereocenters. The molecule has 0 aromatic carbocycles. The Kier molecular flexibility index (Phi) is 3.66. The van der Waals surface area contributed by atoms with E-state index in [1.165, 1.54) is 16.8 Å². The van der Waals surface area contributed by atoms with Crippen LogP contribution in [0.2, 0.25) is 0 Å². The molecule has 0 bridgehead atoms. The minimum Gasteiger partial charge on any atom is -0.407 e. The molecule has 0 fully saturated rings. The van der Waals surface area contributed by atoms with Crippen molar-refractivity contribution < 1.29 is 17.9 Å². The van der Waals surface area contributed by atoms with Crippen molar-refractivity contribution in [2.75, 3.05) is 0 Å². The van der Waals surface area contributed by atoms with E-state index in [0.717, 1.165) is 0 Å². The fourth-order valence-electron chi connectivity index (χ4n) is 1.73. The van der Waals surface area contributed by atoms with E-state index in [1.54, 1.807) is 32.2 Å². The van der Waals surface area contributed by atoms with E-state index in [9.17, 15) is 13.2 Å². The maximum atomic E-state index is 12.0. The number of hydrogen-bond donors (Lipinski definition) is 0. The van der Waals surface area contributed by atoms with E-state index in [0.29, 0.717) is 5.69 Å². The molecule has 1 aliphatic rings. The molecular formula is C12H12N2O4S. The van der Waals surface area contributed by atoms with Gasteiger partial charge in [0.1, 0.15) is 5.92 Å². The quantitative estimate of drug-likeness (QED) is 0.580. The molecule has 6 nitrogen and oxygen atoms in total. The van der Waals surface area contributed by atoms with Crippen LogP contribution >= 0.6 is 0 Å². The number of carbonyl (C=O) groups is 1. The number of aryl methyl sites for hydroxylation is 2. The van der Waals surface area contributed by atoms with Gasteiger partial charge in [-0.25, -0.2) is 4.68 Å². The predicted molar refractivity (Wildman–Crippen MR) is 69.3 cm³/mol. The van der Waals surface area contributed by atoms with Crippen LogP contribution in [-0.2, 0) is 22.1 Å². The molecule has 1 heterocycles. The number of aromatic nitrogens is 2. The topological polar surface area (TPSA) is 78.3 Å². The Morgan fingerprint density at radius 2 is 2.16 bits per heavy atom. The van der Waals surface area contributed by atoms with Gasteiger partial charge >= 0.3 is 5.97 Å². The lowest BCUT2D eigenvalue weighted by Gasteiger charge is -2.12. The second kappa shape index (κ2) is 5.23. The zero-order valence-electron chi connectivity index (χ0n) is 10.4. The van der Waals surface area contributed by atoms with Gasteiger partial charge in [-0.3, -0.25) is 4.79 Å². The van der Waals surface area contributed by atoms with Gasteiger partial charge in [0.2, 0.25) is 16.2 Å².